The molecule has 1 aromatic rings. The van der Waals surface area contributed by atoms with Gasteiger partial charge in [0.25, 0.3) is 0 Å². The van der Waals surface area contributed by atoms with Gasteiger partial charge in [0.05, 0.1) is 6.04 Å². The number of likely N-dealkylation sites (tertiary alicyclic amines) is 1. The number of hydrogen-bond donors (Lipinski definition) is 1. The Labute approximate surface area is 139 Å². The van der Waals surface area contributed by atoms with Gasteiger partial charge >= 0.3 is 0 Å². The SMILES string of the molecule is CCN(Cc1ccccc1)C(=O)C1CC2(CCNCC2)CN1C. The van der Waals surface area contributed by atoms with Crippen molar-refractivity contribution in [2.45, 2.75) is 38.8 Å². The predicted molar refractivity (Wildman–Crippen MR) is 93.1 cm³/mol. The summed E-state index contributed by atoms with van der Waals surface area (Å²) in [5.41, 5.74) is 1.56. The molecule has 0 bridgehead atoms. The molecule has 2 aliphatic rings. The number of nitrogens with zero attached hydrogens (tertiary/aromatic N) is 2. The first-order chi connectivity index (χ1) is 11.1. The highest BCUT2D eigenvalue weighted by atomic mass is 16.2. The van der Waals surface area contributed by atoms with E-state index in [-0.39, 0.29) is 6.04 Å². The van der Waals surface area contributed by atoms with Gasteiger partial charge in [-0.2, -0.15) is 0 Å². The lowest BCUT2D eigenvalue weighted by Gasteiger charge is -2.33. The summed E-state index contributed by atoms with van der Waals surface area (Å²) in [4.78, 5) is 17.4. The van der Waals surface area contributed by atoms with Crippen LogP contribution in [0.2, 0.25) is 0 Å². The number of carbonyl (C=O) groups is 1. The molecule has 2 fully saturated rings. The van der Waals surface area contributed by atoms with Crippen LogP contribution in [-0.4, -0.2) is 55.0 Å². The monoisotopic (exact) mass is 315 g/mol. The standard InChI is InChI=1S/C19H29N3O/c1-3-22(14-16-7-5-4-6-8-16)18(23)17-13-19(15-21(17)2)9-11-20-12-10-19/h4-8,17,20H,3,9-15H2,1-2H3. The van der Waals surface area contributed by atoms with E-state index in [9.17, 15) is 4.79 Å². The molecular weight excluding hydrogens is 286 g/mol. The summed E-state index contributed by atoms with van der Waals surface area (Å²) in [7, 11) is 2.12. The highest BCUT2D eigenvalue weighted by Crippen LogP contribution is 2.41. The third-order valence-electron chi connectivity index (χ3n) is 5.60. The molecule has 0 aliphatic carbocycles. The zero-order valence-electron chi connectivity index (χ0n) is 14.4. The van der Waals surface area contributed by atoms with Gasteiger partial charge in [0, 0.05) is 19.6 Å². The maximum absolute atomic E-state index is 13.1. The van der Waals surface area contributed by atoms with Crippen LogP contribution in [0.3, 0.4) is 0 Å². The minimum absolute atomic E-state index is 0.0526. The van der Waals surface area contributed by atoms with Crippen LogP contribution in [0.25, 0.3) is 0 Å². The molecule has 1 N–H and O–H groups in total. The van der Waals surface area contributed by atoms with E-state index in [4.69, 9.17) is 0 Å². The molecule has 126 valence electrons. The van der Waals surface area contributed by atoms with Gasteiger partial charge in [-0.25, -0.2) is 0 Å². The van der Waals surface area contributed by atoms with Crippen LogP contribution in [0.15, 0.2) is 30.3 Å². The van der Waals surface area contributed by atoms with Crippen LogP contribution in [0.1, 0.15) is 31.7 Å². The van der Waals surface area contributed by atoms with Crippen molar-refractivity contribution < 1.29 is 4.79 Å². The molecule has 0 radical (unpaired) electrons. The van der Waals surface area contributed by atoms with Crippen LogP contribution in [0.5, 0.6) is 0 Å². The summed E-state index contributed by atoms with van der Waals surface area (Å²) < 4.78 is 0. The first-order valence-electron chi connectivity index (χ1n) is 8.87. The van der Waals surface area contributed by atoms with Crippen LogP contribution < -0.4 is 5.32 Å². The largest absolute Gasteiger partial charge is 0.337 e. The maximum atomic E-state index is 13.1. The second-order valence-electron chi connectivity index (χ2n) is 7.22. The van der Waals surface area contributed by atoms with Crippen LogP contribution in [-0.2, 0) is 11.3 Å². The summed E-state index contributed by atoms with van der Waals surface area (Å²) in [6.45, 7) is 6.82. The average molecular weight is 315 g/mol. The first kappa shape index (κ1) is 16.5. The van der Waals surface area contributed by atoms with E-state index in [0.29, 0.717) is 11.3 Å². The first-order valence-corrected chi connectivity index (χ1v) is 8.87. The minimum Gasteiger partial charge on any atom is -0.337 e. The van der Waals surface area contributed by atoms with Crippen LogP contribution >= 0.6 is 0 Å². The van der Waals surface area contributed by atoms with Crippen molar-refractivity contribution in [1.82, 2.24) is 15.1 Å². The van der Waals surface area contributed by atoms with E-state index < -0.39 is 0 Å². The van der Waals surface area contributed by atoms with Gasteiger partial charge in [-0.05, 0) is 57.3 Å². The second-order valence-corrected chi connectivity index (χ2v) is 7.22. The number of nitrogens with one attached hydrogen (secondary N) is 1. The van der Waals surface area contributed by atoms with Gasteiger partial charge in [-0.15, -0.1) is 0 Å². The normalized spacial score (nSPS) is 24.0. The molecule has 1 unspecified atom stereocenters. The fourth-order valence-electron chi connectivity index (χ4n) is 4.23. The van der Waals surface area contributed by atoms with Crippen molar-refractivity contribution in [3.05, 3.63) is 35.9 Å². The van der Waals surface area contributed by atoms with Crippen molar-refractivity contribution in [3.63, 3.8) is 0 Å². The molecule has 1 spiro atoms. The third kappa shape index (κ3) is 3.59. The molecule has 3 rings (SSSR count). The van der Waals surface area contributed by atoms with Gasteiger partial charge in [0.2, 0.25) is 5.91 Å². The molecule has 2 aliphatic heterocycles. The molecule has 1 amide bonds. The van der Waals surface area contributed by atoms with Crippen molar-refractivity contribution >= 4 is 5.91 Å². The lowest BCUT2D eigenvalue weighted by molar-refractivity contribution is -0.136. The number of benzene rings is 1. The Kier molecular flexibility index (Phi) is 5.02. The van der Waals surface area contributed by atoms with Crippen LogP contribution in [0.4, 0.5) is 0 Å². The summed E-state index contributed by atoms with van der Waals surface area (Å²) in [5.74, 6) is 0.300. The number of rotatable bonds is 4. The lowest BCUT2D eigenvalue weighted by Crippen LogP contribution is -2.43. The van der Waals surface area contributed by atoms with Crippen molar-refractivity contribution in [2.24, 2.45) is 5.41 Å². The van der Waals surface area contributed by atoms with E-state index in [0.717, 1.165) is 39.1 Å². The lowest BCUT2D eigenvalue weighted by atomic mass is 9.77. The van der Waals surface area contributed by atoms with Gasteiger partial charge in [-0.3, -0.25) is 9.69 Å². The van der Waals surface area contributed by atoms with E-state index in [1.165, 1.54) is 18.4 Å². The molecule has 23 heavy (non-hydrogen) atoms. The Hall–Kier alpha value is -1.39. The molecule has 1 aromatic carbocycles. The molecule has 2 heterocycles. The van der Waals surface area contributed by atoms with Crippen LogP contribution in [0, 0.1) is 5.41 Å². The molecule has 2 saturated heterocycles. The zero-order chi connectivity index (χ0) is 16.3. The third-order valence-corrected chi connectivity index (χ3v) is 5.60. The summed E-state index contributed by atoms with van der Waals surface area (Å²) in [6.07, 6.45) is 3.42. The summed E-state index contributed by atoms with van der Waals surface area (Å²) >= 11 is 0. The quantitative estimate of drug-likeness (QED) is 0.924. The fourth-order valence-corrected chi connectivity index (χ4v) is 4.23. The zero-order valence-corrected chi connectivity index (χ0v) is 14.4. The Morgan fingerprint density at radius 3 is 2.65 bits per heavy atom. The molecule has 4 heteroatoms. The number of amides is 1. The van der Waals surface area contributed by atoms with Gasteiger partial charge < -0.3 is 10.2 Å². The average Bonchev–Trinajstić information content (AvgIpc) is 2.89. The summed E-state index contributed by atoms with van der Waals surface area (Å²) in [6, 6.07) is 10.4. The van der Waals surface area contributed by atoms with Crippen molar-refractivity contribution in [1.29, 1.82) is 0 Å². The van der Waals surface area contributed by atoms with Crippen molar-refractivity contribution in [2.75, 3.05) is 33.2 Å². The van der Waals surface area contributed by atoms with E-state index in [1.807, 2.05) is 23.1 Å². The molecule has 4 nitrogen and oxygen atoms in total. The topological polar surface area (TPSA) is 35.6 Å². The van der Waals surface area contributed by atoms with E-state index >= 15 is 0 Å². The molecular formula is C19H29N3O. The molecule has 1 atom stereocenters. The number of piperidine rings is 1. The highest BCUT2D eigenvalue weighted by Gasteiger charge is 2.46. The highest BCUT2D eigenvalue weighted by molar-refractivity contribution is 5.82. The Morgan fingerprint density at radius 2 is 2.00 bits per heavy atom. The maximum Gasteiger partial charge on any atom is 0.240 e. The van der Waals surface area contributed by atoms with Gasteiger partial charge in [-0.1, -0.05) is 30.3 Å². The predicted octanol–water partition coefficient (Wildman–Crippen LogP) is 2.11. The Morgan fingerprint density at radius 1 is 1.30 bits per heavy atom. The second kappa shape index (κ2) is 7.02. The fraction of sp³-hybridized carbons (Fsp3) is 0.632. The smallest absolute Gasteiger partial charge is 0.240 e. The van der Waals surface area contributed by atoms with Gasteiger partial charge in [0.1, 0.15) is 0 Å². The van der Waals surface area contributed by atoms with Crippen molar-refractivity contribution in [3.8, 4) is 0 Å². The molecule has 0 saturated carbocycles. The summed E-state index contributed by atoms with van der Waals surface area (Å²) in [5, 5.41) is 3.45. The number of likely N-dealkylation sites (N-methyl/N-ethyl adjacent to an activating group) is 2. The molecule has 0 aromatic heterocycles. The van der Waals surface area contributed by atoms with E-state index in [1.54, 1.807) is 0 Å². The number of carbonyl (C=O) groups excluding carboxylic acids is 1. The Balaban J connectivity index is 1.68. The number of hydrogen-bond acceptors (Lipinski definition) is 3. The minimum atomic E-state index is 0.0526. The van der Waals surface area contributed by atoms with Gasteiger partial charge in [0.15, 0.2) is 0 Å². The van der Waals surface area contributed by atoms with E-state index in [2.05, 4.69) is 36.3 Å². The Bertz CT molecular complexity index is 525.